The van der Waals surface area contributed by atoms with Crippen LogP contribution in [0.4, 0.5) is 8.78 Å². The lowest BCUT2D eigenvalue weighted by molar-refractivity contribution is -0.177. The molecule has 0 bridgehead atoms. The third-order valence-electron chi connectivity index (χ3n) is 9.87. The minimum Gasteiger partial charge on any atom is -0.487 e. The average Bonchev–Trinajstić information content (AvgIpc) is 3.22. The number of benzene rings is 4. The molecule has 0 amide bonds. The molecular formula is C47H54F2N2O10SSi2. The Balaban J connectivity index is 1.50. The molecule has 5 rings (SSSR count). The lowest BCUT2D eigenvalue weighted by Gasteiger charge is -2.38. The van der Waals surface area contributed by atoms with Gasteiger partial charge in [0.1, 0.15) is 5.60 Å². The Morgan fingerprint density at radius 3 is 1.72 bits per heavy atom. The summed E-state index contributed by atoms with van der Waals surface area (Å²) in [6.45, 7) is 15.0. The van der Waals surface area contributed by atoms with E-state index in [1.165, 1.54) is 43.6 Å². The first-order valence-corrected chi connectivity index (χ1v) is 25.1. The molecule has 4 aromatic carbocycles. The van der Waals surface area contributed by atoms with Crippen LogP contribution in [0.3, 0.4) is 0 Å². The van der Waals surface area contributed by atoms with E-state index in [4.69, 9.17) is 23.1 Å². The molecule has 17 heteroatoms. The van der Waals surface area contributed by atoms with Crippen LogP contribution in [0, 0.1) is 11.6 Å². The van der Waals surface area contributed by atoms with Crippen LogP contribution in [0.15, 0.2) is 119 Å². The van der Waals surface area contributed by atoms with Gasteiger partial charge in [0, 0.05) is 24.3 Å². The number of nitrogens with zero attached hydrogens (tertiary/aromatic N) is 2. The van der Waals surface area contributed by atoms with Crippen LogP contribution in [0.1, 0.15) is 61.8 Å². The molecule has 5 aromatic rings. The number of methoxy groups -OCH3 is 1. The Labute approximate surface area is 376 Å². The molecule has 1 aromatic heterocycles. The first-order chi connectivity index (χ1) is 29.9. The van der Waals surface area contributed by atoms with E-state index in [0.29, 0.717) is 5.56 Å². The van der Waals surface area contributed by atoms with Crippen molar-refractivity contribution in [3.63, 3.8) is 0 Å². The number of halogens is 2. The number of ether oxygens (including phenoxy) is 3. The van der Waals surface area contributed by atoms with Gasteiger partial charge in [0.2, 0.25) is 0 Å². The molecule has 2 unspecified atom stereocenters. The van der Waals surface area contributed by atoms with Gasteiger partial charge in [0.05, 0.1) is 30.5 Å². The van der Waals surface area contributed by atoms with Gasteiger partial charge < -0.3 is 23.1 Å². The van der Waals surface area contributed by atoms with Crippen molar-refractivity contribution in [2.75, 3.05) is 20.0 Å². The molecule has 1 heterocycles. The van der Waals surface area contributed by atoms with Gasteiger partial charge in [0.15, 0.2) is 39.4 Å². The maximum atomic E-state index is 14.7. The molecule has 64 heavy (non-hydrogen) atoms. The summed E-state index contributed by atoms with van der Waals surface area (Å²) < 4.78 is 84.7. The standard InChI is InChI=1S/C47H54F2N2O10SSi2/c1-45(2,3)63(34-17-13-11-14-18-34)60-40(43(53)57-9)41(61-64(46(4,5)6)35-19-15-12-16-20-35)44(54)59-47(7,8)27-28-58-39-36(31-21-24-33(25-22-31)62(10,55)56)30-50-51(42(39)52)32-23-26-37(48)38(49)29-32/h11-26,29-30,40-41H,27-28H2,1-10H3. The molecule has 0 fully saturated rings. The van der Waals surface area contributed by atoms with Crippen LogP contribution in [0.25, 0.3) is 16.8 Å². The molecule has 12 nitrogen and oxygen atoms in total. The lowest BCUT2D eigenvalue weighted by atomic mass is 10.1. The third-order valence-corrected chi connectivity index (χ3v) is 16.4. The van der Waals surface area contributed by atoms with Gasteiger partial charge >= 0.3 is 17.5 Å². The molecule has 2 atom stereocenters. The maximum Gasteiger partial charge on any atom is 0.337 e. The summed E-state index contributed by atoms with van der Waals surface area (Å²) in [4.78, 5) is 42.7. The SMILES string of the molecule is COC(=O)C(O[Si](c1ccccc1)C(C)(C)C)C(O[Si](c1ccccc1)C(C)(C)C)C(=O)OC(C)(C)CCOc1c(-c2ccc(S(C)(=O)=O)cc2)cnn(-c2ccc(F)c(F)c2)c1=O. The van der Waals surface area contributed by atoms with Crippen molar-refractivity contribution in [2.45, 2.75) is 94.6 Å². The minimum atomic E-state index is -3.54. The highest BCUT2D eigenvalue weighted by Gasteiger charge is 2.47. The van der Waals surface area contributed by atoms with Gasteiger partial charge in [-0.2, -0.15) is 9.78 Å². The molecule has 0 aliphatic heterocycles. The van der Waals surface area contributed by atoms with Gasteiger partial charge in [-0.05, 0) is 64.1 Å². The highest BCUT2D eigenvalue weighted by atomic mass is 32.2. The van der Waals surface area contributed by atoms with Crippen LogP contribution < -0.4 is 20.7 Å². The summed E-state index contributed by atoms with van der Waals surface area (Å²) in [5, 5.41) is 4.95. The van der Waals surface area contributed by atoms with Gasteiger partial charge in [0.25, 0.3) is 18.1 Å². The smallest absolute Gasteiger partial charge is 0.337 e. The summed E-state index contributed by atoms with van der Waals surface area (Å²) in [7, 11) is -6.50. The van der Waals surface area contributed by atoms with Crippen molar-refractivity contribution in [2.24, 2.45) is 0 Å². The zero-order chi connectivity index (χ0) is 47.2. The summed E-state index contributed by atoms with van der Waals surface area (Å²) in [5.41, 5.74) is -1.67. The zero-order valence-corrected chi connectivity index (χ0v) is 40.4. The number of aromatic nitrogens is 2. The molecule has 0 saturated carbocycles. The van der Waals surface area contributed by atoms with Crippen LogP contribution in [0.5, 0.6) is 5.75 Å². The first kappa shape index (κ1) is 49.7. The molecule has 2 radical (unpaired) electrons. The molecule has 0 spiro atoms. The van der Waals surface area contributed by atoms with Gasteiger partial charge in [-0.15, -0.1) is 0 Å². The fraction of sp³-hybridized carbons (Fsp3) is 0.362. The number of carbonyl (C=O) groups excluding carboxylic acids is 2. The first-order valence-electron chi connectivity index (χ1n) is 20.4. The second-order valence-electron chi connectivity index (χ2n) is 17.8. The topological polar surface area (TPSA) is 149 Å². The molecule has 0 N–H and O–H groups in total. The maximum absolute atomic E-state index is 14.7. The summed E-state index contributed by atoms with van der Waals surface area (Å²) in [6.07, 6.45) is -0.776. The van der Waals surface area contributed by atoms with E-state index >= 15 is 0 Å². The number of rotatable bonds is 17. The highest BCUT2D eigenvalue weighted by molar-refractivity contribution is 7.90. The molecule has 340 valence electrons. The van der Waals surface area contributed by atoms with Crippen LogP contribution in [-0.2, 0) is 37.8 Å². The second-order valence-corrected chi connectivity index (χ2v) is 25.7. The fourth-order valence-electron chi connectivity index (χ4n) is 6.62. The second kappa shape index (κ2) is 20.2. The zero-order valence-electron chi connectivity index (χ0n) is 37.6. The fourth-order valence-corrected chi connectivity index (χ4v) is 11.9. The predicted molar refractivity (Wildman–Crippen MR) is 243 cm³/mol. The molecule has 0 aliphatic rings. The quantitative estimate of drug-likeness (QED) is 0.0700. The molecular weight excluding hydrogens is 879 g/mol. The monoisotopic (exact) mass is 932 g/mol. The van der Waals surface area contributed by atoms with Crippen molar-refractivity contribution in [3.05, 3.63) is 131 Å². The van der Waals surface area contributed by atoms with E-state index < -0.39 is 84.9 Å². The van der Waals surface area contributed by atoms with E-state index in [9.17, 15) is 31.6 Å². The van der Waals surface area contributed by atoms with E-state index in [0.717, 1.165) is 33.4 Å². The lowest BCUT2D eigenvalue weighted by Crippen LogP contribution is -2.57. The van der Waals surface area contributed by atoms with Crippen molar-refractivity contribution < 1.29 is 49.9 Å². The molecule has 0 saturated heterocycles. The van der Waals surface area contributed by atoms with Crippen molar-refractivity contribution >= 4 is 50.2 Å². The number of carbonyl (C=O) groups is 2. The Hall–Kier alpha value is -5.34. The van der Waals surface area contributed by atoms with Crippen molar-refractivity contribution in [1.29, 1.82) is 0 Å². The average molecular weight is 933 g/mol. The third kappa shape index (κ3) is 12.5. The normalized spacial score (nSPS) is 13.4. The number of hydrogen-bond acceptors (Lipinski definition) is 11. The summed E-state index contributed by atoms with van der Waals surface area (Å²) in [6, 6.07) is 27.5. The van der Waals surface area contributed by atoms with Gasteiger partial charge in [-0.3, -0.25) is 4.79 Å². The summed E-state index contributed by atoms with van der Waals surface area (Å²) in [5.74, 6) is -4.27. The van der Waals surface area contributed by atoms with Gasteiger partial charge in [-0.25, -0.2) is 26.8 Å². The van der Waals surface area contributed by atoms with Crippen LogP contribution in [-0.4, -0.2) is 86.0 Å². The van der Waals surface area contributed by atoms with Crippen molar-refractivity contribution in [3.8, 4) is 22.6 Å². The number of sulfone groups is 1. The largest absolute Gasteiger partial charge is 0.487 e. The number of esters is 2. The Morgan fingerprint density at radius 2 is 1.25 bits per heavy atom. The van der Waals surface area contributed by atoms with E-state index in [-0.39, 0.29) is 34.9 Å². The van der Waals surface area contributed by atoms with E-state index in [1.54, 1.807) is 13.8 Å². The molecule has 0 aliphatic carbocycles. The van der Waals surface area contributed by atoms with Crippen molar-refractivity contribution in [1.82, 2.24) is 9.78 Å². The minimum absolute atomic E-state index is 0.00851. The van der Waals surface area contributed by atoms with E-state index in [1.807, 2.05) is 102 Å². The Bertz CT molecular complexity index is 2580. The van der Waals surface area contributed by atoms with Crippen LogP contribution in [0.2, 0.25) is 10.1 Å². The van der Waals surface area contributed by atoms with E-state index in [2.05, 4.69) is 5.10 Å². The number of hydrogen-bond donors (Lipinski definition) is 0. The van der Waals surface area contributed by atoms with Gasteiger partial charge in [-0.1, -0.05) is 114 Å². The Kier molecular flexibility index (Phi) is 15.7. The summed E-state index contributed by atoms with van der Waals surface area (Å²) >= 11 is 0. The Morgan fingerprint density at radius 1 is 0.734 bits per heavy atom. The van der Waals surface area contributed by atoms with Crippen LogP contribution >= 0.6 is 0 Å². The predicted octanol–water partition coefficient (Wildman–Crippen LogP) is 7.01. The highest BCUT2D eigenvalue weighted by Crippen LogP contribution is 2.34.